The molecule has 1 saturated heterocycles. The average Bonchev–Trinajstić information content (AvgIpc) is 3.49. The number of carbonyl (C=O) groups is 2. The lowest BCUT2D eigenvalue weighted by Gasteiger charge is -2.61. The quantitative estimate of drug-likeness (QED) is 0.0854. The Hall–Kier alpha value is -3.62. The Bertz CT molecular complexity index is 1570. The maximum Gasteiger partial charge on any atom is 0.357 e. The number of nitrogens with zero attached hydrogens (tertiary/aromatic N) is 1. The molecule has 51 heavy (non-hydrogen) atoms. The van der Waals surface area contributed by atoms with Crippen LogP contribution in [0.25, 0.3) is 0 Å². The Morgan fingerprint density at radius 1 is 0.961 bits per heavy atom. The van der Waals surface area contributed by atoms with Gasteiger partial charge in [-0.1, -0.05) is 107 Å². The van der Waals surface area contributed by atoms with Gasteiger partial charge in [0.1, 0.15) is 5.76 Å². The summed E-state index contributed by atoms with van der Waals surface area (Å²) in [6.45, 7) is 2.98. The maximum absolute atomic E-state index is 13.9. The van der Waals surface area contributed by atoms with Crippen molar-refractivity contribution in [3.05, 3.63) is 83.1 Å². The van der Waals surface area contributed by atoms with E-state index in [1.165, 1.54) is 44.9 Å². The fourth-order valence-electron chi connectivity index (χ4n) is 9.02. The number of benzene rings is 2. The van der Waals surface area contributed by atoms with Crippen LogP contribution in [0.2, 0.25) is 0 Å². The van der Waals surface area contributed by atoms with Crippen molar-refractivity contribution < 1.29 is 34.0 Å². The Morgan fingerprint density at radius 3 is 2.37 bits per heavy atom. The van der Waals surface area contributed by atoms with Gasteiger partial charge in [-0.25, -0.2) is 4.79 Å². The molecule has 6 rings (SSSR count). The van der Waals surface area contributed by atoms with Gasteiger partial charge in [0.05, 0.1) is 11.0 Å². The second-order valence-electron chi connectivity index (χ2n) is 15.1. The smallest absolute Gasteiger partial charge is 0.357 e. The first-order valence-electron chi connectivity index (χ1n) is 19.6. The number of allylic oxidation sites excluding steroid dienone is 2. The van der Waals surface area contributed by atoms with Crippen molar-refractivity contribution in [1.82, 2.24) is 4.90 Å². The Balaban J connectivity index is 1.02. The molecular weight excluding hydrogens is 642 g/mol. The van der Waals surface area contributed by atoms with Crippen molar-refractivity contribution in [2.75, 3.05) is 13.6 Å². The lowest BCUT2D eigenvalue weighted by molar-refractivity contribution is -0.176. The summed E-state index contributed by atoms with van der Waals surface area (Å²) in [4.78, 5) is 29.2. The van der Waals surface area contributed by atoms with Crippen molar-refractivity contribution in [2.45, 2.75) is 145 Å². The number of phenolic OH excluding ortho intramolecular Hbond substituents is 1. The topological polar surface area (TPSA) is 106 Å². The number of unbranched alkanes of at least 4 members (excludes halogenated alkanes) is 11. The number of esters is 2. The van der Waals surface area contributed by atoms with Crippen LogP contribution in [0, 0.1) is 0 Å². The molecule has 1 fully saturated rings. The number of rotatable bonds is 19. The van der Waals surface area contributed by atoms with Crippen LogP contribution in [0.3, 0.4) is 0 Å². The number of hydrogen-bond donors (Lipinski definition) is 2. The van der Waals surface area contributed by atoms with E-state index < -0.39 is 35.2 Å². The number of ether oxygens (including phenoxy) is 3. The Morgan fingerprint density at radius 2 is 1.65 bits per heavy atom. The Labute approximate surface area is 303 Å². The van der Waals surface area contributed by atoms with Gasteiger partial charge in [-0.05, 0) is 76.2 Å². The average molecular weight is 700 g/mol. The molecular formula is C43H57NO7. The molecule has 2 aliphatic heterocycles. The molecule has 4 aliphatic rings. The van der Waals surface area contributed by atoms with E-state index in [1.54, 1.807) is 36.4 Å². The van der Waals surface area contributed by atoms with Crippen LogP contribution >= 0.6 is 0 Å². The molecule has 5 atom stereocenters. The molecule has 2 aromatic carbocycles. The van der Waals surface area contributed by atoms with Gasteiger partial charge in [0, 0.05) is 30.0 Å². The number of aliphatic hydroxyl groups is 1. The van der Waals surface area contributed by atoms with E-state index in [2.05, 4.69) is 24.0 Å². The van der Waals surface area contributed by atoms with Crippen LogP contribution in [-0.4, -0.2) is 58.4 Å². The highest BCUT2D eigenvalue weighted by molar-refractivity contribution is 5.82. The third-order valence-electron chi connectivity index (χ3n) is 11.8. The summed E-state index contributed by atoms with van der Waals surface area (Å²) < 4.78 is 18.4. The molecule has 276 valence electrons. The fraction of sp³-hybridized carbons (Fsp3) is 0.581. The molecule has 2 aromatic rings. The van der Waals surface area contributed by atoms with Gasteiger partial charge in [0.25, 0.3) is 0 Å². The SMILES string of the molecule is CCCCCCCC/C=C\CCCCCCCC(=O)O[C@H](C(=O)OC1=CC[C@@]2(O)[C@H]3Cc4ccc(O)c5c4[C@@]2(CCN3C)[C@H]1O5)c1ccccc1. The molecule has 2 aliphatic carbocycles. The predicted molar refractivity (Wildman–Crippen MR) is 197 cm³/mol. The summed E-state index contributed by atoms with van der Waals surface area (Å²) in [5, 5.41) is 23.2. The molecule has 0 radical (unpaired) electrons. The van der Waals surface area contributed by atoms with Gasteiger partial charge in [-0.3, -0.25) is 4.79 Å². The molecule has 8 nitrogen and oxygen atoms in total. The van der Waals surface area contributed by atoms with Crippen LogP contribution in [0.15, 0.2) is 66.5 Å². The number of phenols is 1. The summed E-state index contributed by atoms with van der Waals surface area (Å²) in [7, 11) is 2.03. The van der Waals surface area contributed by atoms with Gasteiger partial charge in [-0.2, -0.15) is 0 Å². The van der Waals surface area contributed by atoms with Crippen molar-refractivity contribution in [2.24, 2.45) is 0 Å². The molecule has 2 bridgehead atoms. The third kappa shape index (κ3) is 7.64. The minimum absolute atomic E-state index is 0.00895. The zero-order valence-corrected chi connectivity index (χ0v) is 30.6. The van der Waals surface area contributed by atoms with Crippen LogP contribution in [-0.2, 0) is 30.9 Å². The minimum atomic E-state index is -1.25. The third-order valence-corrected chi connectivity index (χ3v) is 11.8. The number of likely N-dealkylation sites (tertiary alicyclic amines) is 1. The lowest BCUT2D eigenvalue weighted by atomic mass is 9.50. The van der Waals surface area contributed by atoms with Crippen LogP contribution in [0.5, 0.6) is 11.5 Å². The first-order chi connectivity index (χ1) is 24.8. The summed E-state index contributed by atoms with van der Waals surface area (Å²) in [6.07, 6.45) is 21.3. The number of likely N-dealkylation sites (N-methyl/N-ethyl adjacent to an activating group) is 1. The number of aromatic hydroxyl groups is 1. The molecule has 2 N–H and O–H groups in total. The van der Waals surface area contributed by atoms with E-state index in [-0.39, 0.29) is 30.4 Å². The lowest BCUT2D eigenvalue weighted by Crippen LogP contribution is -2.74. The largest absolute Gasteiger partial charge is 0.504 e. The fourth-order valence-corrected chi connectivity index (χ4v) is 9.02. The van der Waals surface area contributed by atoms with E-state index >= 15 is 0 Å². The standard InChI is InChI=1S/C43H57NO7/c1-3-4-5-6-7-8-9-10-11-12-13-14-15-16-20-23-36(46)50-38(31-21-18-17-19-22-31)41(47)49-34-26-27-43(48)35-30-32-24-25-33(45)39-37(32)42(43,40(34)51-39)28-29-44(35)2/h10-11,17-19,21-22,24-26,35,38,40,45,48H,3-9,12-16,20,23,27-30H2,1-2H3/b11-10-/t35-,38+,40+,42+,43-/m1/s1. The van der Waals surface area contributed by atoms with E-state index in [4.69, 9.17) is 14.2 Å². The van der Waals surface area contributed by atoms with Crippen molar-refractivity contribution in [3.63, 3.8) is 0 Å². The maximum atomic E-state index is 13.9. The normalized spacial score (nSPS) is 25.2. The second kappa shape index (κ2) is 16.8. The Kier molecular flexibility index (Phi) is 12.2. The van der Waals surface area contributed by atoms with Crippen molar-refractivity contribution >= 4 is 11.9 Å². The summed E-state index contributed by atoms with van der Waals surface area (Å²) in [5.74, 6) is -0.501. The second-order valence-corrected chi connectivity index (χ2v) is 15.1. The van der Waals surface area contributed by atoms with E-state index in [0.717, 1.165) is 49.8 Å². The van der Waals surface area contributed by atoms with Crippen LogP contribution in [0.4, 0.5) is 0 Å². The monoisotopic (exact) mass is 699 g/mol. The molecule has 0 amide bonds. The molecule has 1 spiro atoms. The molecule has 8 heteroatoms. The summed E-state index contributed by atoms with van der Waals surface area (Å²) in [5.41, 5.74) is 0.345. The van der Waals surface area contributed by atoms with Gasteiger partial charge in [0.15, 0.2) is 17.6 Å². The van der Waals surface area contributed by atoms with Crippen LogP contribution in [0.1, 0.15) is 132 Å². The van der Waals surface area contributed by atoms with Gasteiger partial charge in [0.2, 0.25) is 6.10 Å². The molecule has 2 heterocycles. The first-order valence-corrected chi connectivity index (χ1v) is 19.6. The van der Waals surface area contributed by atoms with Gasteiger partial charge < -0.3 is 29.3 Å². The van der Waals surface area contributed by atoms with Gasteiger partial charge in [-0.15, -0.1) is 0 Å². The molecule has 0 saturated carbocycles. The van der Waals surface area contributed by atoms with E-state index in [9.17, 15) is 19.8 Å². The first kappa shape index (κ1) is 37.1. The highest BCUT2D eigenvalue weighted by Gasteiger charge is 2.72. The van der Waals surface area contributed by atoms with E-state index in [0.29, 0.717) is 30.6 Å². The number of hydrogen-bond acceptors (Lipinski definition) is 8. The van der Waals surface area contributed by atoms with Crippen molar-refractivity contribution in [3.8, 4) is 11.5 Å². The predicted octanol–water partition coefficient (Wildman–Crippen LogP) is 8.54. The van der Waals surface area contributed by atoms with Crippen LogP contribution < -0.4 is 4.74 Å². The summed E-state index contributed by atoms with van der Waals surface area (Å²) >= 11 is 0. The summed E-state index contributed by atoms with van der Waals surface area (Å²) in [6, 6.07) is 12.4. The zero-order chi connectivity index (χ0) is 35.8. The van der Waals surface area contributed by atoms with E-state index in [1.807, 2.05) is 19.2 Å². The van der Waals surface area contributed by atoms with Crippen molar-refractivity contribution in [1.29, 1.82) is 0 Å². The van der Waals surface area contributed by atoms with Gasteiger partial charge >= 0.3 is 11.9 Å². The molecule has 0 unspecified atom stereocenters. The highest BCUT2D eigenvalue weighted by Crippen LogP contribution is 2.65. The minimum Gasteiger partial charge on any atom is -0.504 e. The zero-order valence-electron chi connectivity index (χ0n) is 30.6. The highest BCUT2D eigenvalue weighted by atomic mass is 16.6. The number of piperidine rings is 1. The molecule has 0 aromatic heterocycles. The number of carbonyl (C=O) groups excluding carboxylic acids is 2.